The predicted octanol–water partition coefficient (Wildman–Crippen LogP) is 4.33. The summed E-state index contributed by atoms with van der Waals surface area (Å²) in [5.74, 6) is -0.185. The van der Waals surface area contributed by atoms with Gasteiger partial charge in [0.15, 0.2) is 0 Å². The standard InChI is InChI=1S/C18H19F3N2OS/c1-17(2,16(24)22-11-10-13-6-4-3-5-7-13)25-15-9-8-14(12-23-15)18(19,20)21/h3-9,12H,10-11H2,1-2H3,(H,22,24). The van der Waals surface area contributed by atoms with Gasteiger partial charge >= 0.3 is 6.18 Å². The van der Waals surface area contributed by atoms with Crippen molar-refractivity contribution in [3.8, 4) is 0 Å². The number of halogens is 3. The van der Waals surface area contributed by atoms with Crippen molar-refractivity contribution in [2.24, 2.45) is 0 Å². The molecule has 2 rings (SSSR count). The van der Waals surface area contributed by atoms with Crippen LogP contribution in [0.3, 0.4) is 0 Å². The molecule has 25 heavy (non-hydrogen) atoms. The van der Waals surface area contributed by atoms with Crippen LogP contribution in [-0.4, -0.2) is 22.2 Å². The number of carbonyl (C=O) groups excluding carboxylic acids is 1. The van der Waals surface area contributed by atoms with Crippen molar-refractivity contribution in [1.82, 2.24) is 10.3 Å². The quantitative estimate of drug-likeness (QED) is 0.772. The van der Waals surface area contributed by atoms with Gasteiger partial charge in [0.05, 0.1) is 15.3 Å². The lowest BCUT2D eigenvalue weighted by atomic mass is 10.1. The Morgan fingerprint density at radius 2 is 1.80 bits per heavy atom. The highest BCUT2D eigenvalue weighted by Crippen LogP contribution is 2.34. The molecule has 1 aromatic carbocycles. The lowest BCUT2D eigenvalue weighted by Gasteiger charge is -2.22. The number of hydrogen-bond acceptors (Lipinski definition) is 3. The molecule has 0 saturated heterocycles. The molecule has 1 N–H and O–H groups in total. The van der Waals surface area contributed by atoms with Crippen molar-refractivity contribution in [1.29, 1.82) is 0 Å². The van der Waals surface area contributed by atoms with Crippen molar-refractivity contribution in [2.45, 2.75) is 36.2 Å². The van der Waals surface area contributed by atoms with Crippen LogP contribution < -0.4 is 5.32 Å². The highest BCUT2D eigenvalue weighted by Gasteiger charge is 2.32. The summed E-state index contributed by atoms with van der Waals surface area (Å²) < 4.78 is 36.8. The summed E-state index contributed by atoms with van der Waals surface area (Å²) in [5, 5.41) is 3.23. The summed E-state index contributed by atoms with van der Waals surface area (Å²) in [7, 11) is 0. The zero-order valence-electron chi connectivity index (χ0n) is 13.9. The van der Waals surface area contributed by atoms with Gasteiger partial charge in [0, 0.05) is 12.7 Å². The van der Waals surface area contributed by atoms with E-state index in [9.17, 15) is 18.0 Å². The average molecular weight is 368 g/mol. The number of rotatable bonds is 6. The number of nitrogens with zero attached hydrogens (tertiary/aromatic N) is 1. The Labute approximate surface area is 149 Å². The second kappa shape index (κ2) is 7.91. The highest BCUT2D eigenvalue weighted by molar-refractivity contribution is 8.01. The molecule has 2 aromatic rings. The van der Waals surface area contributed by atoms with Crippen LogP contribution in [0.2, 0.25) is 0 Å². The van der Waals surface area contributed by atoms with E-state index in [4.69, 9.17) is 0 Å². The Hall–Kier alpha value is -2.02. The minimum absolute atomic E-state index is 0.185. The SMILES string of the molecule is CC(C)(Sc1ccc(C(F)(F)F)cn1)C(=O)NCCc1ccccc1. The number of amides is 1. The first kappa shape index (κ1) is 19.3. The molecule has 7 heteroatoms. The van der Waals surface area contributed by atoms with E-state index in [1.165, 1.54) is 6.07 Å². The van der Waals surface area contributed by atoms with E-state index in [1.807, 2.05) is 30.3 Å². The molecule has 0 saturated carbocycles. The van der Waals surface area contributed by atoms with Gasteiger partial charge in [-0.15, -0.1) is 0 Å². The van der Waals surface area contributed by atoms with E-state index in [0.29, 0.717) is 18.0 Å². The number of thioether (sulfide) groups is 1. The van der Waals surface area contributed by atoms with E-state index < -0.39 is 16.5 Å². The fraction of sp³-hybridized carbons (Fsp3) is 0.333. The summed E-state index contributed by atoms with van der Waals surface area (Å²) in [6, 6.07) is 12.0. The lowest BCUT2D eigenvalue weighted by molar-refractivity contribution is -0.137. The van der Waals surface area contributed by atoms with Gasteiger partial charge in [-0.3, -0.25) is 4.79 Å². The fourth-order valence-corrected chi connectivity index (χ4v) is 3.02. The average Bonchev–Trinajstić information content (AvgIpc) is 2.55. The molecule has 3 nitrogen and oxygen atoms in total. The molecule has 0 aliphatic carbocycles. The molecule has 0 aliphatic heterocycles. The second-order valence-corrected chi connectivity index (χ2v) is 7.63. The molecular weight excluding hydrogens is 349 g/mol. The summed E-state index contributed by atoms with van der Waals surface area (Å²) >= 11 is 1.13. The molecule has 1 amide bonds. The molecule has 0 spiro atoms. The maximum atomic E-state index is 12.6. The van der Waals surface area contributed by atoms with Gasteiger partial charge in [0.1, 0.15) is 0 Å². The Morgan fingerprint density at radius 3 is 2.36 bits per heavy atom. The number of pyridine rings is 1. The van der Waals surface area contributed by atoms with Crippen LogP contribution in [0.1, 0.15) is 25.0 Å². The number of hydrogen-bond donors (Lipinski definition) is 1. The Balaban J connectivity index is 1.90. The van der Waals surface area contributed by atoms with Crippen molar-refractivity contribution in [3.63, 3.8) is 0 Å². The minimum atomic E-state index is -4.42. The molecule has 0 aliphatic rings. The van der Waals surface area contributed by atoms with Crippen LogP contribution in [-0.2, 0) is 17.4 Å². The van der Waals surface area contributed by atoms with E-state index in [0.717, 1.165) is 29.6 Å². The highest BCUT2D eigenvalue weighted by atomic mass is 32.2. The van der Waals surface area contributed by atoms with Crippen molar-refractivity contribution >= 4 is 17.7 Å². The van der Waals surface area contributed by atoms with Crippen LogP contribution in [0, 0.1) is 0 Å². The van der Waals surface area contributed by atoms with Crippen molar-refractivity contribution in [3.05, 3.63) is 59.8 Å². The molecule has 0 bridgehead atoms. The second-order valence-electron chi connectivity index (χ2n) is 5.99. The number of benzene rings is 1. The Kier molecular flexibility index (Phi) is 6.11. The Morgan fingerprint density at radius 1 is 1.12 bits per heavy atom. The zero-order chi connectivity index (χ0) is 18.5. The third-order valence-electron chi connectivity index (χ3n) is 3.51. The first-order valence-electron chi connectivity index (χ1n) is 7.73. The third kappa shape index (κ3) is 5.77. The first-order chi connectivity index (χ1) is 11.7. The number of carbonyl (C=O) groups is 1. The lowest BCUT2D eigenvalue weighted by Crippen LogP contribution is -2.40. The van der Waals surface area contributed by atoms with Crippen LogP contribution in [0.5, 0.6) is 0 Å². The maximum Gasteiger partial charge on any atom is 0.417 e. The van der Waals surface area contributed by atoms with Gasteiger partial charge in [-0.05, 0) is 38.0 Å². The van der Waals surface area contributed by atoms with Gasteiger partial charge in [-0.25, -0.2) is 4.98 Å². The summed E-state index contributed by atoms with van der Waals surface area (Å²) in [6.07, 6.45) is -2.92. The Bertz CT molecular complexity index is 701. The summed E-state index contributed by atoms with van der Waals surface area (Å²) in [4.78, 5) is 16.1. The van der Waals surface area contributed by atoms with Crippen molar-refractivity contribution in [2.75, 3.05) is 6.54 Å². The monoisotopic (exact) mass is 368 g/mol. The van der Waals surface area contributed by atoms with E-state index in [2.05, 4.69) is 10.3 Å². The maximum absolute atomic E-state index is 12.6. The molecular formula is C18H19F3N2OS. The smallest absolute Gasteiger partial charge is 0.355 e. The largest absolute Gasteiger partial charge is 0.417 e. The van der Waals surface area contributed by atoms with Crippen molar-refractivity contribution < 1.29 is 18.0 Å². The predicted molar refractivity (Wildman–Crippen MR) is 92.3 cm³/mol. The molecule has 1 heterocycles. The van der Waals surface area contributed by atoms with Crippen LogP contribution in [0.4, 0.5) is 13.2 Å². The number of aromatic nitrogens is 1. The van der Waals surface area contributed by atoms with Gasteiger partial charge in [-0.2, -0.15) is 13.2 Å². The van der Waals surface area contributed by atoms with Gasteiger partial charge < -0.3 is 5.32 Å². The zero-order valence-corrected chi connectivity index (χ0v) is 14.7. The summed E-state index contributed by atoms with van der Waals surface area (Å²) in [5.41, 5.74) is 0.319. The normalized spacial score (nSPS) is 12.0. The van der Waals surface area contributed by atoms with Crippen LogP contribution >= 0.6 is 11.8 Å². The van der Waals surface area contributed by atoms with E-state index in [-0.39, 0.29) is 5.91 Å². The number of alkyl halides is 3. The fourth-order valence-electron chi connectivity index (χ4n) is 2.09. The van der Waals surface area contributed by atoms with Gasteiger partial charge in [0.2, 0.25) is 5.91 Å². The molecule has 0 atom stereocenters. The van der Waals surface area contributed by atoms with E-state index >= 15 is 0 Å². The van der Waals surface area contributed by atoms with Gasteiger partial charge in [-0.1, -0.05) is 42.1 Å². The number of nitrogens with one attached hydrogen (secondary N) is 1. The third-order valence-corrected chi connectivity index (χ3v) is 4.66. The minimum Gasteiger partial charge on any atom is -0.355 e. The molecule has 0 fully saturated rings. The van der Waals surface area contributed by atoms with Crippen LogP contribution in [0.25, 0.3) is 0 Å². The van der Waals surface area contributed by atoms with E-state index in [1.54, 1.807) is 13.8 Å². The first-order valence-corrected chi connectivity index (χ1v) is 8.54. The van der Waals surface area contributed by atoms with Gasteiger partial charge in [0.25, 0.3) is 0 Å². The molecule has 0 unspecified atom stereocenters. The molecule has 134 valence electrons. The topological polar surface area (TPSA) is 42.0 Å². The molecule has 1 aromatic heterocycles. The summed E-state index contributed by atoms with van der Waals surface area (Å²) in [6.45, 7) is 3.93. The van der Waals surface area contributed by atoms with Crippen LogP contribution in [0.15, 0.2) is 53.7 Å². The molecule has 0 radical (unpaired) electrons.